The van der Waals surface area contributed by atoms with Gasteiger partial charge in [0.05, 0.1) is 19.9 Å². The van der Waals surface area contributed by atoms with Crippen molar-refractivity contribution in [2.75, 3.05) is 19.5 Å². The standard InChI is InChI=1S/C18H20ClNO4/c1-4-16(24-14-8-6-13(22-2)7-9-14)18(21)20-15-11-12(19)5-10-17(15)23-3/h5-11,16H,4H2,1-3H3,(H,20,21)/t16-/m0/s1. The summed E-state index contributed by atoms with van der Waals surface area (Å²) in [5, 5.41) is 3.31. The van der Waals surface area contributed by atoms with Crippen LogP contribution in [0.15, 0.2) is 42.5 Å². The van der Waals surface area contributed by atoms with Gasteiger partial charge in [-0.3, -0.25) is 4.79 Å². The number of methoxy groups -OCH3 is 2. The predicted octanol–water partition coefficient (Wildman–Crippen LogP) is 4.15. The van der Waals surface area contributed by atoms with E-state index in [2.05, 4.69) is 5.32 Å². The van der Waals surface area contributed by atoms with Gasteiger partial charge < -0.3 is 19.5 Å². The summed E-state index contributed by atoms with van der Waals surface area (Å²) < 4.78 is 16.1. The van der Waals surface area contributed by atoms with E-state index >= 15 is 0 Å². The summed E-state index contributed by atoms with van der Waals surface area (Å²) in [5.74, 6) is 1.58. The zero-order chi connectivity index (χ0) is 17.5. The number of benzene rings is 2. The third-order valence-electron chi connectivity index (χ3n) is 3.42. The molecule has 24 heavy (non-hydrogen) atoms. The van der Waals surface area contributed by atoms with E-state index in [1.54, 1.807) is 49.6 Å². The molecule has 0 aliphatic carbocycles. The summed E-state index contributed by atoms with van der Waals surface area (Å²) in [6, 6.07) is 12.1. The molecule has 1 N–H and O–H groups in total. The minimum absolute atomic E-state index is 0.270. The van der Waals surface area contributed by atoms with Gasteiger partial charge in [0.15, 0.2) is 6.10 Å². The van der Waals surface area contributed by atoms with E-state index in [0.29, 0.717) is 28.6 Å². The minimum Gasteiger partial charge on any atom is -0.497 e. The fourth-order valence-corrected chi connectivity index (χ4v) is 2.30. The molecule has 0 fully saturated rings. The molecule has 0 aliphatic rings. The maximum atomic E-state index is 12.5. The molecule has 1 atom stereocenters. The van der Waals surface area contributed by atoms with Gasteiger partial charge in [0, 0.05) is 5.02 Å². The van der Waals surface area contributed by atoms with Crippen molar-refractivity contribution >= 4 is 23.2 Å². The summed E-state index contributed by atoms with van der Waals surface area (Å²) >= 11 is 5.98. The Morgan fingerprint density at radius 1 is 1.08 bits per heavy atom. The number of halogens is 1. The summed E-state index contributed by atoms with van der Waals surface area (Å²) in [6.45, 7) is 1.88. The van der Waals surface area contributed by atoms with Gasteiger partial charge in [-0.2, -0.15) is 0 Å². The molecule has 2 aromatic rings. The quantitative estimate of drug-likeness (QED) is 0.815. The van der Waals surface area contributed by atoms with Crippen LogP contribution in [0.2, 0.25) is 5.02 Å². The van der Waals surface area contributed by atoms with Crippen LogP contribution < -0.4 is 19.5 Å². The summed E-state index contributed by atoms with van der Waals surface area (Å²) in [4.78, 5) is 12.5. The topological polar surface area (TPSA) is 56.8 Å². The number of ether oxygens (including phenoxy) is 3. The van der Waals surface area contributed by atoms with Crippen LogP contribution in [0.3, 0.4) is 0 Å². The van der Waals surface area contributed by atoms with Crippen molar-refractivity contribution < 1.29 is 19.0 Å². The molecular weight excluding hydrogens is 330 g/mol. The van der Waals surface area contributed by atoms with E-state index in [4.69, 9.17) is 25.8 Å². The van der Waals surface area contributed by atoms with Crippen LogP contribution in [0.1, 0.15) is 13.3 Å². The van der Waals surface area contributed by atoms with Crippen LogP contribution in [0.25, 0.3) is 0 Å². The van der Waals surface area contributed by atoms with E-state index in [9.17, 15) is 4.79 Å². The molecule has 128 valence electrons. The lowest BCUT2D eigenvalue weighted by atomic mass is 10.2. The van der Waals surface area contributed by atoms with E-state index in [1.807, 2.05) is 6.92 Å². The summed E-state index contributed by atoms with van der Waals surface area (Å²) in [6.07, 6.45) is -0.122. The second-order valence-corrected chi connectivity index (χ2v) is 5.46. The molecule has 0 aromatic heterocycles. The van der Waals surface area contributed by atoms with Crippen molar-refractivity contribution in [3.8, 4) is 17.2 Å². The third-order valence-corrected chi connectivity index (χ3v) is 3.66. The van der Waals surface area contributed by atoms with Crippen LogP contribution in [0.5, 0.6) is 17.2 Å². The maximum Gasteiger partial charge on any atom is 0.265 e. The zero-order valence-electron chi connectivity index (χ0n) is 13.8. The van der Waals surface area contributed by atoms with Crippen molar-refractivity contribution in [3.05, 3.63) is 47.5 Å². The Morgan fingerprint density at radius 3 is 2.33 bits per heavy atom. The molecule has 5 nitrogen and oxygen atoms in total. The van der Waals surface area contributed by atoms with Crippen molar-refractivity contribution in [2.24, 2.45) is 0 Å². The summed E-state index contributed by atoms with van der Waals surface area (Å²) in [7, 11) is 3.13. The Bertz CT molecular complexity index is 688. The van der Waals surface area contributed by atoms with E-state index in [1.165, 1.54) is 7.11 Å². The van der Waals surface area contributed by atoms with Crippen LogP contribution in [0.4, 0.5) is 5.69 Å². The Labute approximate surface area is 146 Å². The molecule has 0 bridgehead atoms. The van der Waals surface area contributed by atoms with Crippen LogP contribution in [-0.4, -0.2) is 26.2 Å². The number of nitrogens with one attached hydrogen (secondary N) is 1. The fourth-order valence-electron chi connectivity index (χ4n) is 2.13. The first kappa shape index (κ1) is 17.9. The number of carbonyl (C=O) groups is 1. The molecule has 0 heterocycles. The highest BCUT2D eigenvalue weighted by atomic mass is 35.5. The number of anilines is 1. The number of amides is 1. The van der Waals surface area contributed by atoms with Gasteiger partial charge in [-0.1, -0.05) is 18.5 Å². The lowest BCUT2D eigenvalue weighted by molar-refractivity contribution is -0.122. The molecule has 0 saturated carbocycles. The van der Waals surface area contributed by atoms with Gasteiger partial charge >= 0.3 is 0 Å². The molecule has 0 saturated heterocycles. The van der Waals surface area contributed by atoms with Gasteiger partial charge in [0.2, 0.25) is 0 Å². The highest BCUT2D eigenvalue weighted by molar-refractivity contribution is 6.31. The first-order valence-electron chi connectivity index (χ1n) is 7.52. The molecule has 2 rings (SSSR count). The van der Waals surface area contributed by atoms with Gasteiger partial charge in [-0.05, 0) is 48.9 Å². The maximum absolute atomic E-state index is 12.5. The Balaban J connectivity index is 2.09. The van der Waals surface area contributed by atoms with Gasteiger partial charge in [0.1, 0.15) is 17.2 Å². The molecule has 0 spiro atoms. The first-order valence-corrected chi connectivity index (χ1v) is 7.90. The highest BCUT2D eigenvalue weighted by Crippen LogP contribution is 2.28. The zero-order valence-corrected chi connectivity index (χ0v) is 14.6. The van der Waals surface area contributed by atoms with Crippen molar-refractivity contribution in [3.63, 3.8) is 0 Å². The Kier molecular flexibility index (Phi) is 6.32. The number of carbonyl (C=O) groups excluding carboxylic acids is 1. The molecule has 6 heteroatoms. The van der Waals surface area contributed by atoms with Crippen LogP contribution in [-0.2, 0) is 4.79 Å². The fraction of sp³-hybridized carbons (Fsp3) is 0.278. The minimum atomic E-state index is -0.637. The third kappa shape index (κ3) is 4.55. The van der Waals surface area contributed by atoms with E-state index in [0.717, 1.165) is 5.75 Å². The molecular formula is C18H20ClNO4. The van der Waals surface area contributed by atoms with Gasteiger partial charge in [-0.15, -0.1) is 0 Å². The van der Waals surface area contributed by atoms with Crippen LogP contribution in [0, 0.1) is 0 Å². The number of hydrogen-bond donors (Lipinski definition) is 1. The smallest absolute Gasteiger partial charge is 0.265 e. The van der Waals surface area contributed by atoms with Crippen LogP contribution >= 0.6 is 11.6 Å². The Morgan fingerprint density at radius 2 is 1.75 bits per heavy atom. The first-order chi connectivity index (χ1) is 11.6. The second kappa shape index (κ2) is 8.45. The van der Waals surface area contributed by atoms with E-state index in [-0.39, 0.29) is 5.91 Å². The predicted molar refractivity (Wildman–Crippen MR) is 94.3 cm³/mol. The lowest BCUT2D eigenvalue weighted by Gasteiger charge is -2.18. The molecule has 0 radical (unpaired) electrons. The van der Waals surface area contributed by atoms with Gasteiger partial charge in [0.25, 0.3) is 5.91 Å². The van der Waals surface area contributed by atoms with Crippen molar-refractivity contribution in [2.45, 2.75) is 19.4 Å². The number of hydrogen-bond acceptors (Lipinski definition) is 4. The average molecular weight is 350 g/mol. The lowest BCUT2D eigenvalue weighted by Crippen LogP contribution is -2.32. The second-order valence-electron chi connectivity index (χ2n) is 5.02. The SMILES string of the molecule is CC[C@H](Oc1ccc(OC)cc1)C(=O)Nc1cc(Cl)ccc1OC. The molecule has 0 unspecified atom stereocenters. The molecule has 2 aromatic carbocycles. The van der Waals surface area contributed by atoms with Gasteiger partial charge in [-0.25, -0.2) is 0 Å². The van der Waals surface area contributed by atoms with Crippen molar-refractivity contribution in [1.29, 1.82) is 0 Å². The largest absolute Gasteiger partial charge is 0.497 e. The average Bonchev–Trinajstić information content (AvgIpc) is 2.60. The normalized spacial score (nSPS) is 11.5. The summed E-state index contributed by atoms with van der Waals surface area (Å²) in [5.41, 5.74) is 0.506. The molecule has 0 aliphatic heterocycles. The van der Waals surface area contributed by atoms with E-state index < -0.39 is 6.10 Å². The highest BCUT2D eigenvalue weighted by Gasteiger charge is 2.20. The number of rotatable bonds is 7. The monoisotopic (exact) mass is 349 g/mol. The molecule has 1 amide bonds. The van der Waals surface area contributed by atoms with Crippen molar-refractivity contribution in [1.82, 2.24) is 0 Å². The Hall–Kier alpha value is -2.40.